The van der Waals surface area contributed by atoms with E-state index in [0.29, 0.717) is 30.5 Å². The lowest BCUT2D eigenvalue weighted by Crippen LogP contribution is -2.45. The third-order valence-corrected chi connectivity index (χ3v) is 4.34. The minimum absolute atomic E-state index is 0.202. The molecular weight excluding hydrogens is 212 g/mol. The zero-order chi connectivity index (χ0) is 12.9. The molecule has 0 radical (unpaired) electrons. The average molecular weight is 242 g/mol. The standard InChI is InChI=1S/C14H30N2O/c1-14(2,3)12-6-4-11(5-7-12)13(10-15)16-8-9-17/h11-13,16-17H,4-10,15H2,1-3H3. The highest BCUT2D eigenvalue weighted by atomic mass is 16.3. The van der Waals surface area contributed by atoms with Gasteiger partial charge in [-0.2, -0.15) is 0 Å². The quantitative estimate of drug-likeness (QED) is 0.688. The van der Waals surface area contributed by atoms with E-state index in [1.54, 1.807) is 0 Å². The lowest BCUT2D eigenvalue weighted by molar-refractivity contribution is 0.132. The fraction of sp³-hybridized carbons (Fsp3) is 1.00. The van der Waals surface area contributed by atoms with Crippen molar-refractivity contribution in [3.63, 3.8) is 0 Å². The van der Waals surface area contributed by atoms with E-state index < -0.39 is 0 Å². The number of nitrogens with one attached hydrogen (secondary N) is 1. The maximum Gasteiger partial charge on any atom is 0.0556 e. The lowest BCUT2D eigenvalue weighted by atomic mass is 9.68. The van der Waals surface area contributed by atoms with Crippen LogP contribution in [-0.2, 0) is 0 Å². The van der Waals surface area contributed by atoms with Crippen LogP contribution >= 0.6 is 0 Å². The van der Waals surface area contributed by atoms with E-state index in [2.05, 4.69) is 26.1 Å². The van der Waals surface area contributed by atoms with Gasteiger partial charge in [0.2, 0.25) is 0 Å². The van der Waals surface area contributed by atoms with Gasteiger partial charge >= 0.3 is 0 Å². The number of hydrogen-bond acceptors (Lipinski definition) is 3. The van der Waals surface area contributed by atoms with Crippen LogP contribution < -0.4 is 11.1 Å². The molecule has 1 aliphatic carbocycles. The first-order valence-electron chi connectivity index (χ1n) is 7.03. The van der Waals surface area contributed by atoms with Crippen molar-refractivity contribution in [2.24, 2.45) is 23.0 Å². The lowest BCUT2D eigenvalue weighted by Gasteiger charge is -2.39. The van der Waals surface area contributed by atoms with E-state index in [0.717, 1.165) is 5.92 Å². The number of hydrogen-bond donors (Lipinski definition) is 3. The molecule has 0 aromatic rings. The van der Waals surface area contributed by atoms with Gasteiger partial charge in [0.1, 0.15) is 0 Å². The Hall–Kier alpha value is -0.120. The van der Waals surface area contributed by atoms with Gasteiger partial charge < -0.3 is 16.2 Å². The molecule has 0 aromatic carbocycles. The molecule has 17 heavy (non-hydrogen) atoms. The molecule has 1 aliphatic rings. The Labute approximate surface area is 106 Å². The van der Waals surface area contributed by atoms with Crippen LogP contribution in [0.3, 0.4) is 0 Å². The third-order valence-electron chi connectivity index (χ3n) is 4.34. The number of aliphatic hydroxyl groups is 1. The fourth-order valence-electron chi connectivity index (χ4n) is 3.08. The number of aliphatic hydroxyl groups excluding tert-OH is 1. The molecular formula is C14H30N2O. The molecule has 0 aromatic heterocycles. The molecule has 3 nitrogen and oxygen atoms in total. The first-order valence-corrected chi connectivity index (χ1v) is 7.03. The van der Waals surface area contributed by atoms with Crippen LogP contribution in [0.2, 0.25) is 0 Å². The highest BCUT2D eigenvalue weighted by Gasteiger charge is 2.32. The van der Waals surface area contributed by atoms with Crippen molar-refractivity contribution in [1.29, 1.82) is 0 Å². The molecule has 1 rings (SSSR count). The molecule has 0 aliphatic heterocycles. The molecule has 0 spiro atoms. The van der Waals surface area contributed by atoms with Gasteiger partial charge in [-0.05, 0) is 42.9 Å². The van der Waals surface area contributed by atoms with E-state index in [4.69, 9.17) is 10.8 Å². The fourth-order valence-corrected chi connectivity index (χ4v) is 3.08. The molecule has 1 saturated carbocycles. The summed E-state index contributed by atoms with van der Waals surface area (Å²) in [6.45, 7) is 8.60. The second-order valence-electron chi connectivity index (χ2n) is 6.50. The minimum Gasteiger partial charge on any atom is -0.395 e. The van der Waals surface area contributed by atoms with Gasteiger partial charge in [-0.1, -0.05) is 20.8 Å². The second-order valence-corrected chi connectivity index (χ2v) is 6.50. The molecule has 1 fully saturated rings. The average Bonchev–Trinajstić information content (AvgIpc) is 2.29. The van der Waals surface area contributed by atoms with Gasteiger partial charge in [0.05, 0.1) is 6.61 Å². The molecule has 0 saturated heterocycles. The molecule has 1 atom stereocenters. The monoisotopic (exact) mass is 242 g/mol. The summed E-state index contributed by atoms with van der Waals surface area (Å²) in [7, 11) is 0. The van der Waals surface area contributed by atoms with Crippen molar-refractivity contribution in [3.05, 3.63) is 0 Å². The van der Waals surface area contributed by atoms with Crippen LogP contribution in [0.15, 0.2) is 0 Å². The molecule has 3 heteroatoms. The summed E-state index contributed by atoms with van der Waals surface area (Å²) in [4.78, 5) is 0. The summed E-state index contributed by atoms with van der Waals surface area (Å²) in [5, 5.41) is 12.2. The highest BCUT2D eigenvalue weighted by Crippen LogP contribution is 2.40. The smallest absolute Gasteiger partial charge is 0.0556 e. The van der Waals surface area contributed by atoms with Crippen LogP contribution in [0, 0.1) is 17.3 Å². The largest absolute Gasteiger partial charge is 0.395 e. The Bertz CT molecular complexity index is 205. The van der Waals surface area contributed by atoms with Gasteiger partial charge in [0, 0.05) is 19.1 Å². The minimum atomic E-state index is 0.202. The second kappa shape index (κ2) is 6.72. The Morgan fingerprint density at radius 1 is 1.24 bits per heavy atom. The van der Waals surface area contributed by atoms with Crippen molar-refractivity contribution >= 4 is 0 Å². The van der Waals surface area contributed by atoms with E-state index >= 15 is 0 Å². The maximum atomic E-state index is 8.85. The topological polar surface area (TPSA) is 58.3 Å². The molecule has 0 amide bonds. The summed E-state index contributed by atoms with van der Waals surface area (Å²) in [5.41, 5.74) is 6.27. The Morgan fingerprint density at radius 2 is 1.82 bits per heavy atom. The molecule has 1 unspecified atom stereocenters. The van der Waals surface area contributed by atoms with E-state index in [1.165, 1.54) is 25.7 Å². The zero-order valence-electron chi connectivity index (χ0n) is 11.7. The van der Waals surface area contributed by atoms with Crippen molar-refractivity contribution in [3.8, 4) is 0 Å². The van der Waals surface area contributed by atoms with Crippen molar-refractivity contribution in [2.45, 2.75) is 52.5 Å². The molecule has 0 heterocycles. The van der Waals surface area contributed by atoms with E-state index in [9.17, 15) is 0 Å². The third kappa shape index (κ3) is 4.57. The van der Waals surface area contributed by atoms with Gasteiger partial charge in [0.25, 0.3) is 0 Å². The predicted octanol–water partition coefficient (Wildman–Crippen LogP) is 1.75. The van der Waals surface area contributed by atoms with Crippen LogP contribution in [0.1, 0.15) is 46.5 Å². The number of nitrogens with two attached hydrogens (primary N) is 1. The normalized spacial score (nSPS) is 28.1. The van der Waals surface area contributed by atoms with Crippen LogP contribution in [0.4, 0.5) is 0 Å². The predicted molar refractivity (Wildman–Crippen MR) is 72.8 cm³/mol. The first kappa shape index (κ1) is 14.9. The van der Waals surface area contributed by atoms with Crippen LogP contribution in [0.5, 0.6) is 0 Å². The summed E-state index contributed by atoms with van der Waals surface area (Å²) in [6.07, 6.45) is 5.21. The van der Waals surface area contributed by atoms with Gasteiger partial charge in [-0.3, -0.25) is 0 Å². The van der Waals surface area contributed by atoms with Crippen LogP contribution in [0.25, 0.3) is 0 Å². The summed E-state index contributed by atoms with van der Waals surface area (Å²) >= 11 is 0. The maximum absolute atomic E-state index is 8.85. The van der Waals surface area contributed by atoms with E-state index in [-0.39, 0.29) is 6.61 Å². The zero-order valence-corrected chi connectivity index (χ0v) is 11.7. The van der Waals surface area contributed by atoms with Gasteiger partial charge in [-0.25, -0.2) is 0 Å². The Balaban J connectivity index is 2.39. The van der Waals surface area contributed by atoms with Crippen molar-refractivity contribution < 1.29 is 5.11 Å². The Kier molecular flexibility index (Phi) is 5.90. The summed E-state index contributed by atoms with van der Waals surface area (Å²) in [6, 6.07) is 0.392. The first-order chi connectivity index (χ1) is 7.99. The van der Waals surface area contributed by atoms with Gasteiger partial charge in [-0.15, -0.1) is 0 Å². The molecule has 102 valence electrons. The SMILES string of the molecule is CC(C)(C)C1CCC(C(CN)NCCO)CC1. The van der Waals surface area contributed by atoms with Gasteiger partial charge in [0.15, 0.2) is 0 Å². The number of rotatable bonds is 5. The van der Waals surface area contributed by atoms with E-state index in [1.807, 2.05) is 0 Å². The summed E-state index contributed by atoms with van der Waals surface area (Å²) < 4.78 is 0. The van der Waals surface area contributed by atoms with Crippen molar-refractivity contribution in [1.82, 2.24) is 5.32 Å². The Morgan fingerprint density at radius 3 is 2.24 bits per heavy atom. The molecule has 0 bridgehead atoms. The highest BCUT2D eigenvalue weighted by molar-refractivity contribution is 4.86. The molecule has 4 N–H and O–H groups in total. The summed E-state index contributed by atoms with van der Waals surface area (Å²) in [5.74, 6) is 1.56. The van der Waals surface area contributed by atoms with Crippen LogP contribution in [-0.4, -0.2) is 30.8 Å². The van der Waals surface area contributed by atoms with Crippen molar-refractivity contribution in [2.75, 3.05) is 19.7 Å².